The summed E-state index contributed by atoms with van der Waals surface area (Å²) in [4.78, 5) is 12.7. The molecule has 90 valence electrons. The summed E-state index contributed by atoms with van der Waals surface area (Å²) in [5.74, 6) is -0.0935. The Labute approximate surface area is 101 Å². The van der Waals surface area contributed by atoms with E-state index in [9.17, 15) is 4.79 Å². The Balaban J connectivity index is 2.47. The van der Waals surface area contributed by atoms with Crippen molar-refractivity contribution >= 4 is 17.2 Å². The van der Waals surface area contributed by atoms with Crippen LogP contribution in [0.5, 0.6) is 0 Å². The molecule has 1 aromatic rings. The highest BCUT2D eigenvalue weighted by Gasteiger charge is 2.20. The minimum atomic E-state index is -0.535. The molecule has 1 aromatic heterocycles. The third-order valence-corrected chi connectivity index (χ3v) is 3.79. The molecule has 0 aliphatic heterocycles. The van der Waals surface area contributed by atoms with Crippen LogP contribution in [0.25, 0.3) is 0 Å². The molecule has 0 aromatic carbocycles. The lowest BCUT2D eigenvalue weighted by Gasteiger charge is -2.23. The molecule has 3 nitrogen and oxygen atoms in total. The molecule has 0 saturated heterocycles. The lowest BCUT2D eigenvalue weighted by Crippen LogP contribution is -2.39. The molecule has 1 amide bonds. The van der Waals surface area contributed by atoms with Gasteiger partial charge in [0.05, 0.1) is 0 Å². The van der Waals surface area contributed by atoms with Crippen molar-refractivity contribution in [2.75, 3.05) is 6.54 Å². The maximum Gasteiger partial charge on any atom is 0.242 e. The molecule has 0 radical (unpaired) electrons. The number of hydrogen-bond donors (Lipinski definition) is 2. The molecule has 1 heterocycles. The maximum atomic E-state index is 11.8. The lowest BCUT2D eigenvalue weighted by molar-refractivity contribution is -0.122. The number of rotatable bonds is 5. The Bertz CT molecular complexity index is 333. The molecule has 0 fully saturated rings. The van der Waals surface area contributed by atoms with Gasteiger partial charge < -0.3 is 11.1 Å². The van der Waals surface area contributed by atoms with E-state index in [2.05, 4.69) is 26.1 Å². The fourth-order valence-corrected chi connectivity index (χ4v) is 1.88. The summed E-state index contributed by atoms with van der Waals surface area (Å²) in [5.41, 5.74) is 5.98. The Kier molecular flexibility index (Phi) is 4.50. The highest BCUT2D eigenvalue weighted by Crippen LogP contribution is 2.19. The molecule has 16 heavy (non-hydrogen) atoms. The zero-order chi connectivity index (χ0) is 12.2. The predicted molar refractivity (Wildman–Crippen MR) is 68.3 cm³/mol. The van der Waals surface area contributed by atoms with Crippen molar-refractivity contribution in [2.45, 2.75) is 33.2 Å². The van der Waals surface area contributed by atoms with Gasteiger partial charge in [-0.1, -0.05) is 26.8 Å². The number of amides is 1. The van der Waals surface area contributed by atoms with E-state index in [1.54, 1.807) is 0 Å². The van der Waals surface area contributed by atoms with Crippen molar-refractivity contribution < 1.29 is 4.79 Å². The number of thiophene rings is 1. The van der Waals surface area contributed by atoms with Crippen LogP contribution in [0.15, 0.2) is 17.5 Å². The number of carbonyl (C=O) groups excluding carboxylic acids is 1. The molecule has 0 aliphatic carbocycles. The van der Waals surface area contributed by atoms with Crippen molar-refractivity contribution in [1.29, 1.82) is 0 Å². The second kappa shape index (κ2) is 5.46. The minimum Gasteiger partial charge on any atom is -0.354 e. The molecule has 0 bridgehead atoms. The largest absolute Gasteiger partial charge is 0.354 e. The predicted octanol–water partition coefficient (Wildman–Crippen LogP) is 2.30. The van der Waals surface area contributed by atoms with Crippen molar-refractivity contribution in [1.82, 2.24) is 5.32 Å². The molecule has 1 rings (SSSR count). The van der Waals surface area contributed by atoms with Crippen LogP contribution < -0.4 is 11.1 Å². The Hall–Kier alpha value is -0.870. The highest BCUT2D eigenvalue weighted by atomic mass is 32.1. The van der Waals surface area contributed by atoms with Crippen molar-refractivity contribution in [3.63, 3.8) is 0 Å². The van der Waals surface area contributed by atoms with Crippen LogP contribution in [0, 0.1) is 5.41 Å². The number of hydrogen-bond acceptors (Lipinski definition) is 3. The summed E-state index contributed by atoms with van der Waals surface area (Å²) in [5, 5.41) is 4.83. The molecule has 3 N–H and O–H groups in total. The second-order valence-electron chi connectivity index (χ2n) is 4.73. The van der Waals surface area contributed by atoms with Gasteiger partial charge in [-0.3, -0.25) is 4.79 Å². The maximum absolute atomic E-state index is 11.8. The van der Waals surface area contributed by atoms with Gasteiger partial charge in [0, 0.05) is 11.4 Å². The monoisotopic (exact) mass is 240 g/mol. The summed E-state index contributed by atoms with van der Waals surface area (Å²) in [6, 6.07) is 3.26. The van der Waals surface area contributed by atoms with Crippen molar-refractivity contribution in [2.24, 2.45) is 11.1 Å². The summed E-state index contributed by atoms with van der Waals surface area (Å²) in [6.45, 7) is 7.04. The van der Waals surface area contributed by atoms with Crippen molar-refractivity contribution in [3.05, 3.63) is 22.4 Å². The normalized spacial score (nSPS) is 13.5. The van der Waals surface area contributed by atoms with Gasteiger partial charge >= 0.3 is 0 Å². The number of carbonyl (C=O) groups is 1. The summed E-state index contributed by atoms with van der Waals surface area (Å²) < 4.78 is 0. The van der Waals surface area contributed by atoms with E-state index < -0.39 is 6.04 Å². The van der Waals surface area contributed by atoms with E-state index in [1.165, 1.54) is 11.3 Å². The van der Waals surface area contributed by atoms with Crippen LogP contribution in [-0.4, -0.2) is 12.5 Å². The first-order valence-electron chi connectivity index (χ1n) is 5.53. The van der Waals surface area contributed by atoms with Crippen molar-refractivity contribution in [3.8, 4) is 0 Å². The highest BCUT2D eigenvalue weighted by molar-refractivity contribution is 7.10. The second-order valence-corrected chi connectivity index (χ2v) is 5.71. The van der Waals surface area contributed by atoms with Crippen LogP contribution in [0.4, 0.5) is 0 Å². The first-order chi connectivity index (χ1) is 7.46. The quantitative estimate of drug-likeness (QED) is 0.829. The average molecular weight is 240 g/mol. The van der Waals surface area contributed by atoms with Gasteiger partial charge in [0.2, 0.25) is 5.91 Å². The molecule has 0 saturated carbocycles. The lowest BCUT2D eigenvalue weighted by atomic mass is 9.90. The molecule has 1 unspecified atom stereocenters. The van der Waals surface area contributed by atoms with Gasteiger partial charge in [-0.2, -0.15) is 0 Å². The van der Waals surface area contributed by atoms with Crippen LogP contribution >= 0.6 is 11.3 Å². The molecule has 0 spiro atoms. The smallest absolute Gasteiger partial charge is 0.242 e. The van der Waals surface area contributed by atoms with Gasteiger partial charge in [-0.15, -0.1) is 11.3 Å². The van der Waals surface area contributed by atoms with Crippen LogP contribution in [0.3, 0.4) is 0 Å². The number of nitrogens with one attached hydrogen (secondary N) is 1. The average Bonchev–Trinajstić information content (AvgIpc) is 2.78. The van der Waals surface area contributed by atoms with E-state index in [1.807, 2.05) is 17.5 Å². The first kappa shape index (κ1) is 13.2. The Morgan fingerprint density at radius 3 is 2.81 bits per heavy atom. The number of nitrogens with two attached hydrogens (primary N) is 1. The zero-order valence-corrected chi connectivity index (χ0v) is 10.9. The van der Waals surface area contributed by atoms with Gasteiger partial charge in [0.1, 0.15) is 6.04 Å². The van der Waals surface area contributed by atoms with Crippen LogP contribution in [-0.2, 0) is 4.79 Å². The van der Waals surface area contributed by atoms with E-state index in [4.69, 9.17) is 5.73 Å². The molecular formula is C12H20N2OS. The molecular weight excluding hydrogens is 220 g/mol. The van der Waals surface area contributed by atoms with E-state index in [-0.39, 0.29) is 11.3 Å². The Morgan fingerprint density at radius 2 is 2.31 bits per heavy atom. The molecule has 0 aliphatic rings. The standard InChI is InChI=1S/C12H20N2OS/c1-4-12(2,3)8-14-11(15)10(13)9-6-5-7-16-9/h5-7,10H,4,8,13H2,1-3H3,(H,14,15). The SMILES string of the molecule is CCC(C)(C)CNC(=O)C(N)c1cccs1. The summed E-state index contributed by atoms with van der Waals surface area (Å²) in [6.07, 6.45) is 1.03. The summed E-state index contributed by atoms with van der Waals surface area (Å²) in [7, 11) is 0. The van der Waals surface area contributed by atoms with Crippen LogP contribution in [0.2, 0.25) is 0 Å². The van der Waals surface area contributed by atoms with Gasteiger partial charge in [-0.05, 0) is 23.3 Å². The van der Waals surface area contributed by atoms with Crippen LogP contribution in [0.1, 0.15) is 38.1 Å². The Morgan fingerprint density at radius 1 is 1.62 bits per heavy atom. The fourth-order valence-electron chi connectivity index (χ4n) is 1.16. The van der Waals surface area contributed by atoms with Gasteiger partial charge in [-0.25, -0.2) is 0 Å². The van der Waals surface area contributed by atoms with E-state index in [0.717, 1.165) is 11.3 Å². The topological polar surface area (TPSA) is 55.1 Å². The van der Waals surface area contributed by atoms with E-state index in [0.29, 0.717) is 6.54 Å². The third kappa shape index (κ3) is 3.61. The molecule has 1 atom stereocenters. The van der Waals surface area contributed by atoms with E-state index >= 15 is 0 Å². The third-order valence-electron chi connectivity index (χ3n) is 2.83. The first-order valence-corrected chi connectivity index (χ1v) is 6.41. The minimum absolute atomic E-state index is 0.0935. The zero-order valence-electron chi connectivity index (χ0n) is 10.1. The summed E-state index contributed by atoms with van der Waals surface area (Å²) >= 11 is 1.51. The molecule has 4 heteroatoms. The van der Waals surface area contributed by atoms with Gasteiger partial charge in [0.25, 0.3) is 0 Å². The fraction of sp³-hybridized carbons (Fsp3) is 0.583. The van der Waals surface area contributed by atoms with Gasteiger partial charge in [0.15, 0.2) is 0 Å².